The molecule has 0 fully saturated rings. The average molecular weight is 314 g/mol. The van der Waals surface area contributed by atoms with E-state index in [1.807, 2.05) is 17.6 Å². The van der Waals surface area contributed by atoms with Gasteiger partial charge in [0.1, 0.15) is 7.85 Å². The first kappa shape index (κ1) is 10.4. The van der Waals surface area contributed by atoms with Gasteiger partial charge in [0, 0.05) is 5.39 Å². The second-order valence-corrected chi connectivity index (χ2v) is 5.35. The molecule has 0 aliphatic rings. The highest BCUT2D eigenvalue weighted by Crippen LogP contribution is 2.28. The SMILES string of the molecule is [B]c1c(C)c(C)cc2c1cnn2PI. The molecule has 0 aliphatic carbocycles. The first-order chi connectivity index (χ1) is 6.65. The number of hydrogen-bond acceptors (Lipinski definition) is 1. The third kappa shape index (κ3) is 1.49. The van der Waals surface area contributed by atoms with Crippen molar-refractivity contribution in [1.82, 2.24) is 9.55 Å². The minimum atomic E-state index is 0.618. The standard InChI is InChI=1S/C9H9BIN2P/c1-5-3-8-7(9(10)6(5)2)4-12-13(8)14-11/h3-4,14H,1-2H3. The molecule has 0 amide bonds. The van der Waals surface area contributed by atoms with Crippen LogP contribution in [0.25, 0.3) is 10.9 Å². The van der Waals surface area contributed by atoms with Gasteiger partial charge in [0.05, 0.1) is 18.1 Å². The molecule has 0 spiro atoms. The summed E-state index contributed by atoms with van der Waals surface area (Å²) < 4.78 is 1.98. The van der Waals surface area contributed by atoms with Crippen molar-refractivity contribution in [3.63, 3.8) is 0 Å². The van der Waals surface area contributed by atoms with Crippen LogP contribution in [0.5, 0.6) is 0 Å². The zero-order chi connectivity index (χ0) is 10.3. The first-order valence-corrected chi connectivity index (χ1v) is 8.31. The van der Waals surface area contributed by atoms with E-state index in [-0.39, 0.29) is 0 Å². The lowest BCUT2D eigenvalue weighted by atomic mass is 9.86. The normalized spacial score (nSPS) is 11.9. The topological polar surface area (TPSA) is 17.8 Å². The van der Waals surface area contributed by atoms with Gasteiger partial charge in [-0.25, -0.2) is 4.45 Å². The van der Waals surface area contributed by atoms with Crippen molar-refractivity contribution in [2.75, 3.05) is 0 Å². The summed E-state index contributed by atoms with van der Waals surface area (Å²) in [4.78, 5) is 0. The van der Waals surface area contributed by atoms with Crippen LogP contribution in [-0.4, -0.2) is 17.4 Å². The van der Waals surface area contributed by atoms with Gasteiger partial charge in [-0.2, -0.15) is 5.10 Å². The summed E-state index contributed by atoms with van der Waals surface area (Å²) in [6.45, 7) is 4.13. The van der Waals surface area contributed by atoms with E-state index in [2.05, 4.69) is 40.1 Å². The zero-order valence-corrected chi connectivity index (χ0v) is 11.2. The monoisotopic (exact) mass is 314 g/mol. The van der Waals surface area contributed by atoms with E-state index in [9.17, 15) is 0 Å². The molecule has 2 radical (unpaired) electrons. The molecule has 0 saturated heterocycles. The van der Waals surface area contributed by atoms with E-state index < -0.39 is 0 Å². The second-order valence-electron chi connectivity index (χ2n) is 3.31. The molecule has 0 saturated carbocycles. The molecule has 0 bridgehead atoms. The van der Waals surface area contributed by atoms with E-state index in [0.29, 0.717) is 6.37 Å². The largest absolute Gasteiger partial charge is 0.237 e. The highest BCUT2D eigenvalue weighted by atomic mass is 127. The number of halogens is 1. The predicted octanol–water partition coefficient (Wildman–Crippen LogP) is 2.24. The number of aromatic nitrogens is 2. The maximum absolute atomic E-state index is 6.03. The summed E-state index contributed by atoms with van der Waals surface area (Å²) >= 11 is 2.32. The van der Waals surface area contributed by atoms with Crippen LogP contribution in [0.4, 0.5) is 0 Å². The van der Waals surface area contributed by atoms with Crippen molar-refractivity contribution in [3.05, 3.63) is 23.4 Å². The molecule has 5 heteroatoms. The fourth-order valence-corrected chi connectivity index (χ4v) is 3.03. The summed E-state index contributed by atoms with van der Waals surface area (Å²) in [5.74, 6) is 0. The summed E-state index contributed by atoms with van der Waals surface area (Å²) in [5, 5.41) is 5.37. The highest BCUT2D eigenvalue weighted by Gasteiger charge is 2.07. The summed E-state index contributed by atoms with van der Waals surface area (Å²) in [5.41, 5.74) is 4.39. The zero-order valence-electron chi connectivity index (χ0n) is 8.00. The van der Waals surface area contributed by atoms with Gasteiger partial charge >= 0.3 is 0 Å². The molecule has 0 N–H and O–H groups in total. The Bertz CT molecular complexity index is 495. The van der Waals surface area contributed by atoms with Gasteiger partial charge in [0.15, 0.2) is 0 Å². The van der Waals surface area contributed by atoms with Crippen molar-refractivity contribution in [2.45, 2.75) is 13.8 Å². The fourth-order valence-electron chi connectivity index (χ4n) is 1.50. The third-order valence-corrected chi connectivity index (χ3v) is 4.41. The van der Waals surface area contributed by atoms with Crippen molar-refractivity contribution >= 4 is 52.6 Å². The highest BCUT2D eigenvalue weighted by molar-refractivity contribution is 14.2. The molecule has 14 heavy (non-hydrogen) atoms. The van der Waals surface area contributed by atoms with E-state index in [4.69, 9.17) is 7.85 Å². The number of fused-ring (bicyclic) bond motifs is 1. The number of aryl methyl sites for hydroxylation is 1. The van der Waals surface area contributed by atoms with E-state index in [1.54, 1.807) is 0 Å². The molecule has 2 rings (SSSR count). The Morgan fingerprint density at radius 2 is 2.21 bits per heavy atom. The Morgan fingerprint density at radius 3 is 2.86 bits per heavy atom. The molecule has 2 nitrogen and oxygen atoms in total. The van der Waals surface area contributed by atoms with Gasteiger partial charge < -0.3 is 0 Å². The quantitative estimate of drug-likeness (QED) is 0.448. The van der Waals surface area contributed by atoms with Gasteiger partial charge in [0.25, 0.3) is 0 Å². The lowest BCUT2D eigenvalue weighted by Gasteiger charge is -2.07. The van der Waals surface area contributed by atoms with E-state index >= 15 is 0 Å². The molecule has 0 aliphatic heterocycles. The average Bonchev–Trinajstić information content (AvgIpc) is 2.57. The van der Waals surface area contributed by atoms with Crippen LogP contribution in [0.3, 0.4) is 0 Å². The molecule has 1 aromatic heterocycles. The van der Waals surface area contributed by atoms with Gasteiger partial charge in [-0.1, -0.05) is 11.0 Å². The van der Waals surface area contributed by atoms with Crippen molar-refractivity contribution in [1.29, 1.82) is 0 Å². The maximum Gasteiger partial charge on any atom is 0.115 e. The molecule has 70 valence electrons. The van der Waals surface area contributed by atoms with Crippen LogP contribution >= 0.6 is 28.4 Å². The minimum Gasteiger partial charge on any atom is -0.237 e. The minimum absolute atomic E-state index is 0.618. The molecule has 1 heterocycles. The third-order valence-electron chi connectivity index (χ3n) is 2.53. The van der Waals surface area contributed by atoms with Crippen LogP contribution in [-0.2, 0) is 0 Å². The number of rotatable bonds is 1. The molecule has 1 unspecified atom stereocenters. The maximum atomic E-state index is 6.03. The summed E-state index contributed by atoms with van der Waals surface area (Å²) in [6.07, 6.45) is 2.47. The predicted molar refractivity (Wildman–Crippen MR) is 72.3 cm³/mol. The first-order valence-electron chi connectivity index (χ1n) is 4.25. The van der Waals surface area contributed by atoms with Gasteiger partial charge in [-0.15, -0.1) is 0 Å². The number of benzene rings is 1. The van der Waals surface area contributed by atoms with Crippen molar-refractivity contribution in [3.8, 4) is 0 Å². The van der Waals surface area contributed by atoms with E-state index in [1.165, 1.54) is 5.56 Å². The lowest BCUT2D eigenvalue weighted by molar-refractivity contribution is 1.04. The smallest absolute Gasteiger partial charge is 0.115 e. The summed E-state index contributed by atoms with van der Waals surface area (Å²) in [7, 11) is 6.03. The number of nitrogens with zero attached hydrogens (tertiary/aromatic N) is 2. The van der Waals surface area contributed by atoms with Crippen LogP contribution < -0.4 is 5.46 Å². The van der Waals surface area contributed by atoms with E-state index in [0.717, 1.165) is 21.9 Å². The molecule has 1 aromatic carbocycles. The van der Waals surface area contributed by atoms with Crippen molar-refractivity contribution < 1.29 is 0 Å². The van der Waals surface area contributed by atoms with Crippen LogP contribution in [0.1, 0.15) is 11.1 Å². The Hall–Kier alpha value is -0.0851. The molecular weight excluding hydrogens is 305 g/mol. The van der Waals surface area contributed by atoms with Crippen LogP contribution in [0, 0.1) is 13.8 Å². The van der Waals surface area contributed by atoms with Gasteiger partial charge in [-0.3, -0.25) is 0 Å². The Labute approximate surface area is 99.2 Å². The molecular formula is C9H9BIN2P. The Balaban J connectivity index is 2.86. The second kappa shape index (κ2) is 3.82. The molecule has 1 atom stereocenters. The summed E-state index contributed by atoms with van der Waals surface area (Å²) in [6, 6.07) is 2.15. The Kier molecular flexibility index (Phi) is 2.85. The van der Waals surface area contributed by atoms with Gasteiger partial charge in [-0.05, 0) is 47.5 Å². The van der Waals surface area contributed by atoms with Crippen molar-refractivity contribution in [2.24, 2.45) is 0 Å². The lowest BCUT2D eigenvalue weighted by Crippen LogP contribution is -2.09. The van der Waals surface area contributed by atoms with Crippen LogP contribution in [0.2, 0.25) is 0 Å². The number of hydrogen-bond donors (Lipinski definition) is 0. The molecule has 2 aromatic rings. The fraction of sp³-hybridized carbons (Fsp3) is 0.222. The van der Waals surface area contributed by atoms with Gasteiger partial charge in [0.2, 0.25) is 0 Å². The van der Waals surface area contributed by atoms with Crippen LogP contribution in [0.15, 0.2) is 12.3 Å². The Morgan fingerprint density at radius 1 is 1.50 bits per heavy atom.